The van der Waals surface area contributed by atoms with E-state index < -0.39 is 0 Å². The zero-order valence-electron chi connectivity index (χ0n) is 22.1. The molecule has 0 bridgehead atoms. The Balaban J connectivity index is 1.47. The van der Waals surface area contributed by atoms with Gasteiger partial charge in [-0.15, -0.1) is 0 Å². The van der Waals surface area contributed by atoms with Crippen molar-refractivity contribution in [2.75, 3.05) is 34.9 Å². The van der Waals surface area contributed by atoms with Crippen molar-refractivity contribution in [2.45, 2.75) is 51.1 Å². The van der Waals surface area contributed by atoms with Crippen LogP contribution in [0.4, 0.5) is 0 Å². The van der Waals surface area contributed by atoms with E-state index in [-0.39, 0.29) is 18.4 Å². The maximum Gasteiger partial charge on any atom is 0.251 e. The molecule has 1 aliphatic rings. The molecular weight excluding hydrogens is 472 g/mol. The molecular formula is C28H36N4O5. The number of amides is 2. The second-order valence-electron chi connectivity index (χ2n) is 9.32. The fraction of sp³-hybridized carbons (Fsp3) is 0.464. The Labute approximate surface area is 217 Å². The highest BCUT2D eigenvalue weighted by Gasteiger charge is 2.24. The average molecular weight is 509 g/mol. The van der Waals surface area contributed by atoms with E-state index in [1.807, 2.05) is 40.8 Å². The highest BCUT2D eigenvalue weighted by atomic mass is 16.5. The van der Waals surface area contributed by atoms with Crippen LogP contribution < -0.4 is 19.5 Å². The molecule has 9 nitrogen and oxygen atoms in total. The number of aromatic nitrogens is 2. The third-order valence-electron chi connectivity index (χ3n) is 7.10. The predicted molar refractivity (Wildman–Crippen MR) is 142 cm³/mol. The predicted octanol–water partition coefficient (Wildman–Crippen LogP) is 3.83. The minimum absolute atomic E-state index is 0.0813. The molecule has 0 atom stereocenters. The zero-order valence-corrected chi connectivity index (χ0v) is 22.1. The molecule has 198 valence electrons. The van der Waals surface area contributed by atoms with Gasteiger partial charge in [0, 0.05) is 31.6 Å². The molecule has 2 aromatic carbocycles. The summed E-state index contributed by atoms with van der Waals surface area (Å²) >= 11 is 0. The van der Waals surface area contributed by atoms with Gasteiger partial charge in [-0.3, -0.25) is 9.59 Å². The number of hydrogen-bond donors (Lipinski definition) is 1. The molecule has 0 spiro atoms. The SMILES string of the molecule is COc1cc(C(=O)NCCc2nc3ccccc3n2CC(=O)N(C)C2CCCCC2)cc(OC)c1OC. The number of para-hydroxylation sites is 2. The fourth-order valence-electron chi connectivity index (χ4n) is 5.01. The third-order valence-corrected chi connectivity index (χ3v) is 7.10. The quantitative estimate of drug-likeness (QED) is 0.447. The van der Waals surface area contributed by atoms with Crippen LogP contribution in [0.5, 0.6) is 17.2 Å². The van der Waals surface area contributed by atoms with Crippen LogP contribution >= 0.6 is 0 Å². The van der Waals surface area contributed by atoms with Gasteiger partial charge in [0.2, 0.25) is 11.7 Å². The number of carbonyl (C=O) groups excluding carboxylic acids is 2. The van der Waals surface area contributed by atoms with E-state index in [9.17, 15) is 9.59 Å². The normalized spacial score (nSPS) is 13.8. The maximum absolute atomic E-state index is 13.2. The van der Waals surface area contributed by atoms with E-state index in [1.165, 1.54) is 40.6 Å². The summed E-state index contributed by atoms with van der Waals surface area (Å²) in [6.07, 6.45) is 6.20. The van der Waals surface area contributed by atoms with Gasteiger partial charge in [-0.1, -0.05) is 31.4 Å². The molecule has 1 fully saturated rings. The van der Waals surface area contributed by atoms with Crippen molar-refractivity contribution in [1.29, 1.82) is 0 Å². The number of nitrogens with zero attached hydrogens (tertiary/aromatic N) is 3. The van der Waals surface area contributed by atoms with E-state index in [2.05, 4.69) is 5.32 Å². The lowest BCUT2D eigenvalue weighted by Gasteiger charge is -2.31. The maximum atomic E-state index is 13.2. The van der Waals surface area contributed by atoms with Crippen molar-refractivity contribution in [3.63, 3.8) is 0 Å². The van der Waals surface area contributed by atoms with E-state index in [4.69, 9.17) is 19.2 Å². The summed E-state index contributed by atoms with van der Waals surface area (Å²) in [6, 6.07) is 11.3. The first-order valence-corrected chi connectivity index (χ1v) is 12.7. The Morgan fingerprint density at radius 2 is 1.70 bits per heavy atom. The molecule has 3 aromatic rings. The Hall–Kier alpha value is -3.75. The first-order chi connectivity index (χ1) is 18.0. The van der Waals surface area contributed by atoms with Crippen molar-refractivity contribution >= 4 is 22.8 Å². The highest BCUT2D eigenvalue weighted by molar-refractivity contribution is 5.95. The summed E-state index contributed by atoms with van der Waals surface area (Å²) in [5, 5.41) is 2.95. The Bertz CT molecular complexity index is 1220. The summed E-state index contributed by atoms with van der Waals surface area (Å²) in [7, 11) is 6.45. The second-order valence-corrected chi connectivity index (χ2v) is 9.32. The topological polar surface area (TPSA) is 94.9 Å². The molecule has 1 aromatic heterocycles. The average Bonchev–Trinajstić information content (AvgIpc) is 3.28. The molecule has 1 N–H and O–H groups in total. The van der Waals surface area contributed by atoms with Crippen LogP contribution in [0.15, 0.2) is 36.4 Å². The lowest BCUT2D eigenvalue weighted by molar-refractivity contribution is -0.133. The molecule has 9 heteroatoms. The van der Waals surface area contributed by atoms with Crippen LogP contribution in [0.3, 0.4) is 0 Å². The van der Waals surface area contributed by atoms with Crippen molar-refractivity contribution in [2.24, 2.45) is 0 Å². The smallest absolute Gasteiger partial charge is 0.251 e. The van der Waals surface area contributed by atoms with E-state index in [0.29, 0.717) is 41.8 Å². The van der Waals surface area contributed by atoms with E-state index >= 15 is 0 Å². The first-order valence-electron chi connectivity index (χ1n) is 12.7. The van der Waals surface area contributed by atoms with Gasteiger partial charge >= 0.3 is 0 Å². The van der Waals surface area contributed by atoms with Crippen LogP contribution in [-0.4, -0.2) is 67.2 Å². The first kappa shape index (κ1) is 26.3. The van der Waals surface area contributed by atoms with Gasteiger partial charge in [0.25, 0.3) is 5.91 Å². The molecule has 0 radical (unpaired) electrons. The fourth-order valence-corrected chi connectivity index (χ4v) is 5.01. The molecule has 0 unspecified atom stereocenters. The van der Waals surface area contributed by atoms with Gasteiger partial charge in [0.05, 0.1) is 32.4 Å². The number of likely N-dealkylation sites (N-methyl/N-ethyl adjacent to an activating group) is 1. The van der Waals surface area contributed by atoms with E-state index in [1.54, 1.807) is 12.1 Å². The number of ether oxygens (including phenoxy) is 3. The van der Waals surface area contributed by atoms with Crippen LogP contribution in [-0.2, 0) is 17.8 Å². The number of rotatable bonds is 10. The zero-order chi connectivity index (χ0) is 26.4. The molecule has 1 aliphatic carbocycles. The Morgan fingerprint density at radius 1 is 1.03 bits per heavy atom. The highest BCUT2D eigenvalue weighted by Crippen LogP contribution is 2.38. The molecule has 0 aliphatic heterocycles. The van der Waals surface area contributed by atoms with Crippen molar-refractivity contribution in [1.82, 2.24) is 19.8 Å². The van der Waals surface area contributed by atoms with Crippen LogP contribution in [0.2, 0.25) is 0 Å². The molecule has 37 heavy (non-hydrogen) atoms. The Morgan fingerprint density at radius 3 is 2.35 bits per heavy atom. The van der Waals surface area contributed by atoms with Gasteiger partial charge in [-0.05, 0) is 37.1 Å². The van der Waals surface area contributed by atoms with Crippen molar-refractivity contribution < 1.29 is 23.8 Å². The Kier molecular flexibility index (Phi) is 8.53. The number of benzene rings is 2. The molecule has 1 heterocycles. The minimum atomic E-state index is -0.268. The monoisotopic (exact) mass is 508 g/mol. The number of imidazole rings is 1. The van der Waals surface area contributed by atoms with Gasteiger partial charge < -0.3 is 29.0 Å². The second kappa shape index (κ2) is 12.0. The third kappa shape index (κ3) is 5.81. The van der Waals surface area contributed by atoms with Crippen molar-refractivity contribution in [3.8, 4) is 17.2 Å². The minimum Gasteiger partial charge on any atom is -0.493 e. The van der Waals surface area contributed by atoms with Gasteiger partial charge in [-0.2, -0.15) is 0 Å². The summed E-state index contributed by atoms with van der Waals surface area (Å²) in [6.45, 7) is 0.579. The number of carbonyl (C=O) groups is 2. The lowest BCUT2D eigenvalue weighted by Crippen LogP contribution is -2.40. The van der Waals surface area contributed by atoms with Gasteiger partial charge in [0.1, 0.15) is 12.4 Å². The summed E-state index contributed by atoms with van der Waals surface area (Å²) in [4.78, 5) is 32.8. The summed E-state index contributed by atoms with van der Waals surface area (Å²) in [5.41, 5.74) is 2.15. The van der Waals surface area contributed by atoms with Gasteiger partial charge in [0.15, 0.2) is 11.5 Å². The summed E-state index contributed by atoms with van der Waals surface area (Å²) < 4.78 is 18.0. The summed E-state index contributed by atoms with van der Waals surface area (Å²) in [5.74, 6) is 1.83. The lowest BCUT2D eigenvalue weighted by atomic mass is 9.94. The van der Waals surface area contributed by atoms with Gasteiger partial charge in [-0.25, -0.2) is 4.98 Å². The molecule has 0 saturated heterocycles. The largest absolute Gasteiger partial charge is 0.493 e. The van der Waals surface area contributed by atoms with Crippen LogP contribution in [0.25, 0.3) is 11.0 Å². The molecule has 2 amide bonds. The standard InChI is InChI=1S/C28H36N4O5/c1-31(20-10-6-5-7-11-20)26(33)18-32-22-13-9-8-12-21(22)30-25(32)14-15-29-28(34)19-16-23(35-2)27(37-4)24(17-19)36-3/h8-9,12-13,16-17,20H,5-7,10-11,14-15,18H2,1-4H3,(H,29,34). The number of nitrogens with one attached hydrogen (secondary N) is 1. The van der Waals surface area contributed by atoms with Crippen molar-refractivity contribution in [3.05, 3.63) is 47.8 Å². The van der Waals surface area contributed by atoms with Crippen LogP contribution in [0.1, 0.15) is 48.3 Å². The van der Waals surface area contributed by atoms with Crippen LogP contribution in [0, 0.1) is 0 Å². The number of methoxy groups -OCH3 is 3. The molecule has 4 rings (SSSR count). The number of fused-ring (bicyclic) bond motifs is 1. The van der Waals surface area contributed by atoms with E-state index in [0.717, 1.165) is 29.7 Å². The number of hydrogen-bond acceptors (Lipinski definition) is 6. The molecule has 1 saturated carbocycles.